The van der Waals surface area contributed by atoms with Crippen LogP contribution in [0.25, 0.3) is 0 Å². The van der Waals surface area contributed by atoms with Crippen LogP contribution in [0, 0.1) is 5.41 Å². The first-order valence-electron chi connectivity index (χ1n) is 7.35. The van der Waals surface area contributed by atoms with E-state index in [4.69, 9.17) is 4.74 Å². The number of hydrogen-bond acceptors (Lipinski definition) is 5. The number of nitrogens with one attached hydrogen (secondary N) is 1. The average molecular weight is 344 g/mol. The Labute approximate surface area is 134 Å². The summed E-state index contributed by atoms with van der Waals surface area (Å²) in [6.45, 7) is 2.41. The molecule has 2 saturated heterocycles. The van der Waals surface area contributed by atoms with Crippen LogP contribution in [0.5, 0.6) is 0 Å². The first kappa shape index (κ1) is 15.9. The monoisotopic (exact) mass is 344 g/mol. The molecule has 122 valence electrons. The summed E-state index contributed by atoms with van der Waals surface area (Å²) in [4.78, 5) is 12.2. The first-order chi connectivity index (χ1) is 10.5. The van der Waals surface area contributed by atoms with E-state index in [1.165, 1.54) is 13.1 Å². The van der Waals surface area contributed by atoms with Crippen LogP contribution in [0.2, 0.25) is 0 Å². The molecule has 6 nitrogen and oxygen atoms in total. The standard InChI is InChI=1S/C14H20N2O4S2/c1-15-13(17)12-7-11(8-21-12)22(18,19)16-5-2-3-14(9-16)4-6-20-10-14/h7-8H,2-6,9-10H2,1H3,(H,15,17)/t14-/m0/s1. The Morgan fingerprint density at radius 3 is 2.95 bits per heavy atom. The number of piperidine rings is 1. The van der Waals surface area contributed by atoms with E-state index in [-0.39, 0.29) is 16.2 Å². The number of rotatable bonds is 3. The third kappa shape index (κ3) is 2.80. The van der Waals surface area contributed by atoms with E-state index in [2.05, 4.69) is 5.32 Å². The second-order valence-electron chi connectivity index (χ2n) is 5.97. The van der Waals surface area contributed by atoms with Crippen molar-refractivity contribution in [1.82, 2.24) is 9.62 Å². The largest absolute Gasteiger partial charge is 0.381 e. The first-order valence-corrected chi connectivity index (χ1v) is 9.67. The molecule has 1 amide bonds. The Bertz CT molecular complexity index is 662. The Kier molecular flexibility index (Phi) is 4.28. The number of sulfonamides is 1. The van der Waals surface area contributed by atoms with Gasteiger partial charge in [0.05, 0.1) is 16.4 Å². The van der Waals surface area contributed by atoms with E-state index in [1.807, 2.05) is 0 Å². The Balaban J connectivity index is 1.83. The van der Waals surface area contributed by atoms with Crippen LogP contribution in [-0.4, -0.2) is 52.0 Å². The normalized spacial score (nSPS) is 26.4. The van der Waals surface area contributed by atoms with E-state index >= 15 is 0 Å². The molecule has 0 aliphatic carbocycles. The van der Waals surface area contributed by atoms with Crippen molar-refractivity contribution in [3.05, 3.63) is 16.3 Å². The van der Waals surface area contributed by atoms with Gasteiger partial charge < -0.3 is 10.1 Å². The highest BCUT2D eigenvalue weighted by molar-refractivity contribution is 7.89. The smallest absolute Gasteiger partial charge is 0.261 e. The van der Waals surface area contributed by atoms with Gasteiger partial charge >= 0.3 is 0 Å². The molecule has 0 unspecified atom stereocenters. The van der Waals surface area contributed by atoms with Gasteiger partial charge in [-0.15, -0.1) is 11.3 Å². The predicted molar refractivity (Wildman–Crippen MR) is 83.6 cm³/mol. The van der Waals surface area contributed by atoms with Gasteiger partial charge in [0.2, 0.25) is 10.0 Å². The molecule has 2 aliphatic rings. The molecule has 3 heterocycles. The molecule has 3 rings (SSSR count). The summed E-state index contributed by atoms with van der Waals surface area (Å²) in [6, 6.07) is 1.46. The molecule has 1 atom stereocenters. The SMILES string of the molecule is CNC(=O)c1cc(S(=O)(=O)N2CCC[C@]3(CCOC3)C2)cs1. The fraction of sp³-hybridized carbons (Fsp3) is 0.643. The van der Waals surface area contributed by atoms with E-state index in [1.54, 1.807) is 9.69 Å². The van der Waals surface area contributed by atoms with Crippen LogP contribution in [0.3, 0.4) is 0 Å². The van der Waals surface area contributed by atoms with Crippen molar-refractivity contribution in [3.8, 4) is 0 Å². The minimum atomic E-state index is -3.54. The Morgan fingerprint density at radius 1 is 1.45 bits per heavy atom. The van der Waals surface area contributed by atoms with Gasteiger partial charge in [-0.1, -0.05) is 0 Å². The maximum atomic E-state index is 12.8. The zero-order valence-electron chi connectivity index (χ0n) is 12.5. The third-order valence-electron chi connectivity index (χ3n) is 4.48. The molecule has 0 saturated carbocycles. The van der Waals surface area contributed by atoms with E-state index in [0.717, 1.165) is 30.6 Å². The van der Waals surface area contributed by atoms with Gasteiger partial charge in [-0.2, -0.15) is 4.31 Å². The molecule has 0 radical (unpaired) electrons. The summed E-state index contributed by atoms with van der Waals surface area (Å²) in [7, 11) is -2.01. The molecule has 0 aromatic carbocycles. The molecule has 1 N–H and O–H groups in total. The van der Waals surface area contributed by atoms with E-state index < -0.39 is 10.0 Å². The molecule has 8 heteroatoms. The van der Waals surface area contributed by atoms with E-state index in [9.17, 15) is 13.2 Å². The summed E-state index contributed by atoms with van der Waals surface area (Å²) in [5.74, 6) is -0.259. The van der Waals surface area contributed by atoms with Gasteiger partial charge in [0.25, 0.3) is 5.91 Å². The van der Waals surface area contributed by atoms with Crippen LogP contribution in [0.15, 0.2) is 16.3 Å². The lowest BCUT2D eigenvalue weighted by Gasteiger charge is -2.38. The van der Waals surface area contributed by atoms with Gasteiger partial charge in [0.1, 0.15) is 0 Å². The number of thiophene rings is 1. The molecule has 2 fully saturated rings. The highest BCUT2D eigenvalue weighted by Crippen LogP contribution is 2.39. The average Bonchev–Trinajstić information content (AvgIpc) is 3.17. The summed E-state index contributed by atoms with van der Waals surface area (Å²) in [6.07, 6.45) is 2.80. The number of hydrogen-bond donors (Lipinski definition) is 1. The molecular weight excluding hydrogens is 324 g/mol. The van der Waals surface area contributed by atoms with Crippen molar-refractivity contribution in [3.63, 3.8) is 0 Å². The minimum absolute atomic E-state index is 0.0229. The lowest BCUT2D eigenvalue weighted by Crippen LogP contribution is -2.46. The van der Waals surface area contributed by atoms with Gasteiger partial charge in [-0.25, -0.2) is 8.42 Å². The molecule has 1 spiro atoms. The quantitative estimate of drug-likeness (QED) is 0.897. The molecule has 0 bridgehead atoms. The number of nitrogens with zero attached hydrogens (tertiary/aromatic N) is 1. The lowest BCUT2D eigenvalue weighted by atomic mass is 9.80. The van der Waals surface area contributed by atoms with Crippen molar-refractivity contribution in [2.45, 2.75) is 24.2 Å². The summed E-state index contributed by atoms with van der Waals surface area (Å²) in [5.41, 5.74) is -0.0229. The number of carbonyl (C=O) groups is 1. The molecule has 22 heavy (non-hydrogen) atoms. The summed E-state index contributed by atoms with van der Waals surface area (Å²) >= 11 is 1.15. The second kappa shape index (κ2) is 5.92. The van der Waals surface area contributed by atoms with Crippen LogP contribution in [0.1, 0.15) is 28.9 Å². The van der Waals surface area contributed by atoms with Crippen molar-refractivity contribution < 1.29 is 17.9 Å². The van der Waals surface area contributed by atoms with Gasteiger partial charge in [-0.05, 0) is 25.3 Å². The zero-order chi connectivity index (χ0) is 15.8. The van der Waals surface area contributed by atoms with Crippen molar-refractivity contribution in [2.24, 2.45) is 5.41 Å². The van der Waals surface area contributed by atoms with Gasteiger partial charge in [0, 0.05) is 37.5 Å². The van der Waals surface area contributed by atoms with Crippen molar-refractivity contribution in [1.29, 1.82) is 0 Å². The highest BCUT2D eigenvalue weighted by Gasteiger charge is 2.42. The number of carbonyl (C=O) groups excluding carboxylic acids is 1. The molecule has 2 aliphatic heterocycles. The van der Waals surface area contributed by atoms with Crippen molar-refractivity contribution >= 4 is 27.3 Å². The Morgan fingerprint density at radius 2 is 2.27 bits per heavy atom. The van der Waals surface area contributed by atoms with Crippen LogP contribution in [-0.2, 0) is 14.8 Å². The predicted octanol–water partition coefficient (Wildman–Crippen LogP) is 1.30. The third-order valence-corrected chi connectivity index (χ3v) is 7.38. The fourth-order valence-corrected chi connectivity index (χ4v) is 5.98. The summed E-state index contributed by atoms with van der Waals surface area (Å²) < 4.78 is 32.7. The molecule has 1 aromatic heterocycles. The van der Waals surface area contributed by atoms with Gasteiger partial charge in [0.15, 0.2) is 0 Å². The highest BCUT2D eigenvalue weighted by atomic mass is 32.2. The summed E-state index contributed by atoms with van der Waals surface area (Å²) in [5, 5.41) is 4.06. The number of amides is 1. The van der Waals surface area contributed by atoms with E-state index in [0.29, 0.717) is 31.2 Å². The van der Waals surface area contributed by atoms with Gasteiger partial charge in [-0.3, -0.25) is 4.79 Å². The zero-order valence-corrected chi connectivity index (χ0v) is 14.1. The Hall–Kier alpha value is -0.960. The van der Waals surface area contributed by atoms with Crippen LogP contribution < -0.4 is 5.32 Å². The molecule has 1 aromatic rings. The van der Waals surface area contributed by atoms with Crippen LogP contribution in [0.4, 0.5) is 0 Å². The molecular formula is C14H20N2O4S2. The van der Waals surface area contributed by atoms with Crippen LogP contribution >= 0.6 is 11.3 Å². The maximum Gasteiger partial charge on any atom is 0.261 e. The minimum Gasteiger partial charge on any atom is -0.381 e. The maximum absolute atomic E-state index is 12.8. The topological polar surface area (TPSA) is 75.7 Å². The second-order valence-corrected chi connectivity index (χ2v) is 8.82. The lowest BCUT2D eigenvalue weighted by molar-refractivity contribution is 0.0967. The number of ether oxygens (including phenoxy) is 1. The van der Waals surface area contributed by atoms with Crippen molar-refractivity contribution in [2.75, 3.05) is 33.4 Å². The fourth-order valence-electron chi connectivity index (χ4n) is 3.18.